The third-order valence-electron chi connectivity index (χ3n) is 4.24. The summed E-state index contributed by atoms with van der Waals surface area (Å²) in [6.45, 7) is 5.34. The average molecular weight is 205 g/mol. The van der Waals surface area contributed by atoms with Gasteiger partial charge in [0, 0.05) is 17.8 Å². The van der Waals surface area contributed by atoms with Crippen LogP contribution in [0.15, 0.2) is 0 Å². The van der Waals surface area contributed by atoms with Gasteiger partial charge in [-0.05, 0) is 45.4 Å². The first-order chi connectivity index (χ1) is 7.10. The van der Waals surface area contributed by atoms with Crippen molar-refractivity contribution in [3.63, 3.8) is 0 Å². The molecular weight excluding hydrogens is 186 g/mol. The summed E-state index contributed by atoms with van der Waals surface area (Å²) < 4.78 is 2.37. The largest absolute Gasteiger partial charge is 0.332 e. The second-order valence-corrected chi connectivity index (χ2v) is 5.27. The van der Waals surface area contributed by atoms with Gasteiger partial charge in [-0.1, -0.05) is 0 Å². The van der Waals surface area contributed by atoms with Crippen LogP contribution < -0.4 is 5.73 Å². The molecule has 2 aliphatic rings. The maximum Gasteiger partial charge on any atom is 0.106 e. The van der Waals surface area contributed by atoms with E-state index in [1.54, 1.807) is 0 Å². The van der Waals surface area contributed by atoms with Crippen LogP contribution in [0.1, 0.15) is 36.5 Å². The Bertz CT molecular complexity index is 401. The lowest BCUT2D eigenvalue weighted by Gasteiger charge is -2.29. The van der Waals surface area contributed by atoms with Crippen molar-refractivity contribution in [2.45, 2.75) is 51.6 Å². The number of aryl methyl sites for hydroxylation is 2. The Morgan fingerprint density at radius 3 is 2.80 bits per heavy atom. The Balaban J connectivity index is 1.92. The van der Waals surface area contributed by atoms with Gasteiger partial charge in [0.2, 0.25) is 0 Å². The van der Waals surface area contributed by atoms with E-state index in [0.29, 0.717) is 5.92 Å². The summed E-state index contributed by atoms with van der Waals surface area (Å²) in [6, 6.07) is 0. The summed E-state index contributed by atoms with van der Waals surface area (Å²) in [5.41, 5.74) is 9.12. The molecule has 0 bridgehead atoms. The standard InChI is InChI=1S/C12H19N3/c1-8-11-7-10(12(13)4-5-12)3-6-15(11)9(2)14-8/h10H,3-7,13H2,1-2H3. The molecule has 1 aliphatic heterocycles. The average Bonchev–Trinajstić information content (AvgIpc) is 2.90. The van der Waals surface area contributed by atoms with Crippen molar-refractivity contribution in [3.8, 4) is 0 Å². The van der Waals surface area contributed by atoms with Gasteiger partial charge in [-0.15, -0.1) is 0 Å². The zero-order valence-electron chi connectivity index (χ0n) is 9.58. The van der Waals surface area contributed by atoms with Crippen LogP contribution >= 0.6 is 0 Å². The molecule has 0 spiro atoms. The summed E-state index contributed by atoms with van der Waals surface area (Å²) in [5, 5.41) is 0. The lowest BCUT2D eigenvalue weighted by Crippen LogP contribution is -2.37. The lowest BCUT2D eigenvalue weighted by molar-refractivity contribution is 0.313. The Labute approximate surface area is 90.7 Å². The number of aromatic nitrogens is 2. The number of nitrogens with two attached hydrogens (primary N) is 1. The Kier molecular flexibility index (Phi) is 1.78. The first-order valence-electron chi connectivity index (χ1n) is 5.92. The van der Waals surface area contributed by atoms with E-state index in [9.17, 15) is 0 Å². The van der Waals surface area contributed by atoms with Crippen molar-refractivity contribution in [3.05, 3.63) is 17.2 Å². The van der Waals surface area contributed by atoms with Crippen LogP contribution in [-0.4, -0.2) is 15.1 Å². The zero-order chi connectivity index (χ0) is 10.6. The topological polar surface area (TPSA) is 43.8 Å². The van der Waals surface area contributed by atoms with Crippen molar-refractivity contribution < 1.29 is 0 Å². The van der Waals surface area contributed by atoms with Gasteiger partial charge in [0.15, 0.2) is 0 Å². The van der Waals surface area contributed by atoms with Gasteiger partial charge in [0.1, 0.15) is 5.82 Å². The van der Waals surface area contributed by atoms with Crippen LogP contribution in [0.5, 0.6) is 0 Å². The molecule has 0 saturated heterocycles. The predicted molar refractivity (Wildman–Crippen MR) is 59.7 cm³/mol. The zero-order valence-corrected chi connectivity index (χ0v) is 9.58. The molecule has 1 aromatic heterocycles. The molecule has 3 nitrogen and oxygen atoms in total. The molecule has 2 N–H and O–H groups in total. The van der Waals surface area contributed by atoms with Crippen LogP contribution in [0.2, 0.25) is 0 Å². The molecule has 1 aromatic rings. The lowest BCUT2D eigenvalue weighted by atomic mass is 9.87. The second kappa shape index (κ2) is 2.85. The molecule has 1 saturated carbocycles. The smallest absolute Gasteiger partial charge is 0.106 e. The fourth-order valence-corrected chi connectivity index (χ4v) is 2.98. The Morgan fingerprint density at radius 1 is 1.40 bits per heavy atom. The molecule has 0 aromatic carbocycles. The summed E-state index contributed by atoms with van der Waals surface area (Å²) >= 11 is 0. The highest BCUT2D eigenvalue weighted by Gasteiger charge is 2.46. The number of imidazole rings is 1. The number of hydrogen-bond donors (Lipinski definition) is 1. The summed E-state index contributed by atoms with van der Waals surface area (Å²) in [5.74, 6) is 1.86. The van der Waals surface area contributed by atoms with Gasteiger partial charge >= 0.3 is 0 Å². The minimum Gasteiger partial charge on any atom is -0.332 e. The van der Waals surface area contributed by atoms with E-state index in [2.05, 4.69) is 23.4 Å². The number of rotatable bonds is 1. The molecule has 3 rings (SSSR count). The minimum atomic E-state index is 0.176. The summed E-state index contributed by atoms with van der Waals surface area (Å²) in [6.07, 6.45) is 4.83. The fraction of sp³-hybridized carbons (Fsp3) is 0.750. The van der Waals surface area contributed by atoms with Crippen LogP contribution in [0.25, 0.3) is 0 Å². The highest BCUT2D eigenvalue weighted by molar-refractivity contribution is 5.21. The highest BCUT2D eigenvalue weighted by atomic mass is 15.1. The Morgan fingerprint density at radius 2 is 2.13 bits per heavy atom. The van der Waals surface area contributed by atoms with E-state index in [0.717, 1.165) is 13.0 Å². The van der Waals surface area contributed by atoms with Crippen molar-refractivity contribution in [2.24, 2.45) is 11.7 Å². The van der Waals surface area contributed by atoms with E-state index in [1.807, 2.05) is 0 Å². The quantitative estimate of drug-likeness (QED) is 0.756. The summed E-state index contributed by atoms with van der Waals surface area (Å²) in [4.78, 5) is 4.55. The van der Waals surface area contributed by atoms with Crippen LogP contribution in [-0.2, 0) is 13.0 Å². The molecule has 1 atom stereocenters. The van der Waals surface area contributed by atoms with Crippen molar-refractivity contribution >= 4 is 0 Å². The monoisotopic (exact) mass is 205 g/mol. The SMILES string of the molecule is Cc1nc(C)n2c1CC(C1(N)CC1)CC2. The molecule has 82 valence electrons. The third-order valence-corrected chi connectivity index (χ3v) is 4.24. The summed E-state index contributed by atoms with van der Waals surface area (Å²) in [7, 11) is 0. The van der Waals surface area contributed by atoms with Gasteiger partial charge < -0.3 is 10.3 Å². The molecule has 1 aliphatic carbocycles. The molecule has 0 radical (unpaired) electrons. The number of nitrogens with zero attached hydrogens (tertiary/aromatic N) is 2. The maximum atomic E-state index is 6.31. The number of hydrogen-bond acceptors (Lipinski definition) is 2. The third kappa shape index (κ3) is 1.33. The van der Waals surface area contributed by atoms with E-state index < -0.39 is 0 Å². The molecule has 0 amide bonds. The van der Waals surface area contributed by atoms with Crippen LogP contribution in [0.4, 0.5) is 0 Å². The van der Waals surface area contributed by atoms with Crippen LogP contribution in [0.3, 0.4) is 0 Å². The van der Waals surface area contributed by atoms with Gasteiger partial charge in [0.25, 0.3) is 0 Å². The molecule has 15 heavy (non-hydrogen) atoms. The molecule has 1 unspecified atom stereocenters. The van der Waals surface area contributed by atoms with E-state index >= 15 is 0 Å². The normalized spacial score (nSPS) is 27.5. The van der Waals surface area contributed by atoms with Gasteiger partial charge in [-0.3, -0.25) is 0 Å². The van der Waals surface area contributed by atoms with E-state index in [-0.39, 0.29) is 5.54 Å². The molecule has 1 fully saturated rings. The first-order valence-corrected chi connectivity index (χ1v) is 5.92. The van der Waals surface area contributed by atoms with Gasteiger partial charge in [0.05, 0.1) is 5.69 Å². The second-order valence-electron chi connectivity index (χ2n) is 5.27. The molecule has 3 heteroatoms. The maximum absolute atomic E-state index is 6.31. The van der Waals surface area contributed by atoms with E-state index in [1.165, 1.54) is 36.5 Å². The van der Waals surface area contributed by atoms with E-state index in [4.69, 9.17) is 5.73 Å². The minimum absolute atomic E-state index is 0.176. The van der Waals surface area contributed by atoms with Crippen molar-refractivity contribution in [1.29, 1.82) is 0 Å². The van der Waals surface area contributed by atoms with Crippen molar-refractivity contribution in [2.75, 3.05) is 0 Å². The number of fused-ring (bicyclic) bond motifs is 1. The van der Waals surface area contributed by atoms with Gasteiger partial charge in [-0.2, -0.15) is 0 Å². The fourth-order valence-electron chi connectivity index (χ4n) is 2.98. The Hall–Kier alpha value is -0.830. The highest BCUT2D eigenvalue weighted by Crippen LogP contribution is 2.44. The van der Waals surface area contributed by atoms with Gasteiger partial charge in [-0.25, -0.2) is 4.98 Å². The first kappa shape index (κ1) is 9.40. The molecular formula is C12H19N3. The molecule has 2 heterocycles. The van der Waals surface area contributed by atoms with Crippen LogP contribution in [0, 0.1) is 19.8 Å². The van der Waals surface area contributed by atoms with Crippen molar-refractivity contribution in [1.82, 2.24) is 9.55 Å². The predicted octanol–water partition coefficient (Wildman–Crippen LogP) is 1.55.